The van der Waals surface area contributed by atoms with Crippen LogP contribution in [0.4, 0.5) is 25.5 Å². The molecule has 27 nitrogen and oxygen atoms in total. The Bertz CT molecular complexity index is 6250. The van der Waals surface area contributed by atoms with E-state index in [9.17, 15) is 0 Å². The molecule has 138 heavy (non-hydrogen) atoms. The molecule has 704 valence electrons. The summed E-state index contributed by atoms with van der Waals surface area (Å²) in [7, 11) is 15.5. The first-order valence-electron chi connectivity index (χ1n) is 44.6. The standard InChI is InChI=1S/C109H102F2N10O17/c1-104(110)93(89(65-133-108(75-29-21-15-22-30-75,77-41-57-85(127-7)58-42-77)78-43-59-86(128-8)60-44-78)135-99(104)120-67-112-91-95(120)114-101(116-97(91)131-11)118-106(69-25-17-13-18-26-69,71-33-49-81(123-3)50-34-71)72-35-51-82(124-4)52-36-72)137-103(122)138-94-90(66-134-109(76-31-23-16-24-32-76,79-45-61-87(129-9)62-46-79)80-47-63-88(130-10)64-48-80)136-100(105(94,2)111)121-68-113-92-96(121)115-102(117-98(92)132-12)119-107(70-27-19-14-20-28-70,73-37-53-83(125-5)54-38-73)74-39-55-84(126-6)56-40-74/h13-64,67-68,89-90,93-94,99-100H,65-66H2,1-12H3,(H,114,116,118)(H,115,117,119)/t89-,90-,93+,94+,99+,100+,104+,105+/m0/s1. The molecule has 0 amide bonds. The average molecular weight is 1860 g/mol. The van der Waals surface area contributed by atoms with Crippen molar-refractivity contribution < 1.29 is 89.4 Å². The van der Waals surface area contributed by atoms with E-state index in [0.29, 0.717) is 79.4 Å². The number of imidazole rings is 2. The summed E-state index contributed by atoms with van der Waals surface area (Å²) in [6.45, 7) is 1.32. The first-order chi connectivity index (χ1) is 67.2. The Morgan fingerprint density at radius 2 is 0.543 bits per heavy atom. The number of carbonyl (C=O) groups excluding carboxylic acids is 1. The van der Waals surface area contributed by atoms with Gasteiger partial charge in [-0.1, -0.05) is 218 Å². The maximum absolute atomic E-state index is 20.4. The van der Waals surface area contributed by atoms with Crippen LogP contribution in [0.2, 0.25) is 0 Å². The van der Waals surface area contributed by atoms with Gasteiger partial charge in [0.25, 0.3) is 0 Å². The third-order valence-corrected chi connectivity index (χ3v) is 25.9. The van der Waals surface area contributed by atoms with Crippen LogP contribution < -0.4 is 58.0 Å². The molecule has 2 aliphatic heterocycles. The molecule has 2 saturated heterocycles. The molecule has 0 radical (unpaired) electrons. The van der Waals surface area contributed by atoms with E-state index in [-0.39, 0.29) is 46.0 Å². The van der Waals surface area contributed by atoms with Crippen LogP contribution in [0, 0.1) is 0 Å². The van der Waals surface area contributed by atoms with E-state index in [1.54, 1.807) is 105 Å². The lowest BCUT2D eigenvalue weighted by molar-refractivity contribution is -0.114. The van der Waals surface area contributed by atoms with Gasteiger partial charge in [-0.25, -0.2) is 23.5 Å². The lowest BCUT2D eigenvalue weighted by Gasteiger charge is -2.37. The fraction of sp³-hybridized carbons (Fsp3) is 0.239. The lowest BCUT2D eigenvalue weighted by Crippen LogP contribution is -2.48. The minimum atomic E-state index is -2.89. The van der Waals surface area contributed by atoms with E-state index in [1.807, 2.05) is 267 Å². The number of nitrogens with zero attached hydrogens (tertiary/aromatic N) is 8. The van der Waals surface area contributed by atoms with Crippen LogP contribution in [0.1, 0.15) is 93.1 Å². The zero-order chi connectivity index (χ0) is 95.9. The van der Waals surface area contributed by atoms with E-state index in [1.165, 1.54) is 49.9 Å². The van der Waals surface area contributed by atoms with Crippen LogP contribution in [-0.2, 0) is 50.7 Å². The minimum Gasteiger partial charge on any atom is -0.497 e. The number of benzene rings is 12. The second-order valence-corrected chi connectivity index (χ2v) is 33.5. The van der Waals surface area contributed by atoms with Gasteiger partial charge < -0.3 is 86.4 Å². The number of ether oxygens (including phenoxy) is 16. The predicted octanol–water partition coefficient (Wildman–Crippen LogP) is 19.7. The van der Waals surface area contributed by atoms with E-state index >= 15 is 13.6 Å². The smallest absolute Gasteiger partial charge is 0.497 e. The summed E-state index contributed by atoms with van der Waals surface area (Å²) < 4.78 is 145. The van der Waals surface area contributed by atoms with Crippen molar-refractivity contribution in [3.05, 3.63) is 395 Å². The number of carbonyl (C=O) groups is 1. The first kappa shape index (κ1) is 92.7. The molecular weight excluding hydrogens is 1760 g/mol. The second-order valence-electron chi connectivity index (χ2n) is 33.5. The van der Waals surface area contributed by atoms with Gasteiger partial charge in [-0.2, -0.15) is 19.9 Å². The Morgan fingerprint density at radius 1 is 0.319 bits per heavy atom. The second kappa shape index (κ2) is 39.3. The summed E-state index contributed by atoms with van der Waals surface area (Å²) in [5, 5.41) is 7.48. The quantitative estimate of drug-likeness (QED) is 0.0273. The van der Waals surface area contributed by atoms with E-state index in [0.717, 1.165) is 33.4 Å². The number of rotatable bonds is 36. The summed E-state index contributed by atoms with van der Waals surface area (Å²) in [5.41, 5.74) is -3.27. The SMILES string of the molecule is COc1ccc(C(Nc2nc(OC)c3ncn([C@@H]4O[C@@H](COC(c5ccccc5)(c5ccc(OC)cc5)c5ccc(OC)cc5)[C@@H](OC(=O)O[C@@H]5[C@H](COC(c6ccccc6)(c6ccc(OC)cc6)c6ccc(OC)cc6)O[C@@H](n6cnc7c(OC)nc(NC(c8ccccc8)(c8ccc(OC)cc8)c8ccc(OC)cc8)nc76)[C@]5(C)F)[C@@]4(C)F)c3n2)(c2ccccc2)c2ccc(OC)cc2)cc1. The summed E-state index contributed by atoms with van der Waals surface area (Å²) in [6.07, 6.45) is -9.89. The first-order valence-corrected chi connectivity index (χ1v) is 44.6. The topological polar surface area (TPSA) is 276 Å². The van der Waals surface area contributed by atoms with Gasteiger partial charge in [-0.15, -0.1) is 0 Å². The predicted molar refractivity (Wildman–Crippen MR) is 514 cm³/mol. The van der Waals surface area contributed by atoms with Crippen LogP contribution in [-0.4, -0.2) is 165 Å². The fourth-order valence-corrected chi connectivity index (χ4v) is 18.9. The molecule has 12 aromatic carbocycles. The summed E-state index contributed by atoms with van der Waals surface area (Å²) in [4.78, 5) is 46.6. The molecule has 4 aromatic heterocycles. The van der Waals surface area contributed by atoms with Gasteiger partial charge in [-0.05, 0) is 178 Å². The molecule has 0 unspecified atom stereocenters. The Kier molecular flexibility index (Phi) is 26.4. The minimum absolute atomic E-state index is 0.00602. The molecule has 2 aliphatic rings. The van der Waals surface area contributed by atoms with Gasteiger partial charge >= 0.3 is 6.16 Å². The van der Waals surface area contributed by atoms with Gasteiger partial charge in [0.2, 0.25) is 23.7 Å². The lowest BCUT2D eigenvalue weighted by atomic mass is 9.77. The van der Waals surface area contributed by atoms with Gasteiger partial charge in [0.05, 0.1) is 97.0 Å². The zero-order valence-corrected chi connectivity index (χ0v) is 77.8. The van der Waals surface area contributed by atoms with E-state index in [4.69, 9.17) is 106 Å². The van der Waals surface area contributed by atoms with Crippen LogP contribution in [0.15, 0.2) is 328 Å². The number of nitrogens with one attached hydrogen (secondary N) is 2. The largest absolute Gasteiger partial charge is 0.509 e. The summed E-state index contributed by atoms with van der Waals surface area (Å²) >= 11 is 0. The summed E-state index contributed by atoms with van der Waals surface area (Å²) in [5.74, 6) is 4.55. The Hall–Kier alpha value is -15.7. The maximum Gasteiger partial charge on any atom is 0.509 e. The summed E-state index contributed by atoms with van der Waals surface area (Å²) in [6, 6.07) is 98.0. The molecule has 6 heterocycles. The van der Waals surface area contributed by atoms with Crippen molar-refractivity contribution in [2.75, 3.05) is 94.9 Å². The molecule has 0 bridgehead atoms. The molecular formula is C109H102F2N10O17. The van der Waals surface area contributed by atoms with Crippen LogP contribution >= 0.6 is 0 Å². The zero-order valence-electron chi connectivity index (χ0n) is 77.8. The molecule has 0 saturated carbocycles. The average Bonchev–Trinajstić information content (AvgIpc) is 1.46. The molecule has 0 aliphatic carbocycles. The van der Waals surface area contributed by atoms with E-state index in [2.05, 4.69) is 10.6 Å². The number of halogens is 2. The Labute approximate surface area is 796 Å². The third-order valence-electron chi connectivity index (χ3n) is 25.9. The normalized spacial score (nSPS) is 18.2. The Balaban J connectivity index is 0.784. The molecule has 2 fully saturated rings. The Morgan fingerprint density at radius 3 is 0.783 bits per heavy atom. The van der Waals surface area contributed by atoms with Crippen LogP contribution in [0.5, 0.6) is 57.8 Å². The van der Waals surface area contributed by atoms with Crippen molar-refractivity contribution in [1.82, 2.24) is 39.0 Å². The number of aromatic nitrogens is 8. The molecule has 8 atom stereocenters. The highest BCUT2D eigenvalue weighted by molar-refractivity contribution is 5.80. The van der Waals surface area contributed by atoms with Crippen molar-refractivity contribution >= 4 is 40.4 Å². The third kappa shape index (κ3) is 17.1. The fourth-order valence-electron chi connectivity index (χ4n) is 18.9. The highest BCUT2D eigenvalue weighted by atomic mass is 19.1. The van der Waals surface area contributed by atoms with Crippen molar-refractivity contribution in [3.63, 3.8) is 0 Å². The maximum atomic E-state index is 20.4. The van der Waals surface area contributed by atoms with Crippen molar-refractivity contribution in [1.29, 1.82) is 0 Å². The number of fused-ring (bicyclic) bond motifs is 2. The molecule has 2 N–H and O–H groups in total. The van der Waals surface area contributed by atoms with Crippen molar-refractivity contribution in [3.8, 4) is 57.8 Å². The van der Waals surface area contributed by atoms with Gasteiger partial charge in [-0.3, -0.25) is 9.13 Å². The number of alkyl halides is 2. The van der Waals surface area contributed by atoms with Crippen LogP contribution in [0.3, 0.4) is 0 Å². The number of hydrogen-bond donors (Lipinski definition) is 2. The van der Waals surface area contributed by atoms with Crippen molar-refractivity contribution in [2.45, 2.75) is 84.3 Å². The van der Waals surface area contributed by atoms with E-state index < -0.39 is 89.9 Å². The van der Waals surface area contributed by atoms with Gasteiger partial charge in [0, 0.05) is 0 Å². The monoisotopic (exact) mass is 1860 g/mol. The molecule has 0 spiro atoms. The van der Waals surface area contributed by atoms with Gasteiger partial charge in [0.15, 0.2) is 58.3 Å². The number of anilines is 2. The number of methoxy groups -OCH3 is 10. The molecule has 29 heteroatoms. The highest BCUT2D eigenvalue weighted by Crippen LogP contribution is 2.53. The molecule has 18 rings (SSSR count). The molecule has 16 aromatic rings. The highest BCUT2D eigenvalue weighted by Gasteiger charge is 2.63. The van der Waals surface area contributed by atoms with Crippen LogP contribution in [0.25, 0.3) is 22.3 Å². The van der Waals surface area contributed by atoms with Gasteiger partial charge in [0.1, 0.15) is 80.5 Å². The van der Waals surface area contributed by atoms with Crippen molar-refractivity contribution in [2.24, 2.45) is 0 Å². The number of hydrogen-bond acceptors (Lipinski definition) is 25.